The second-order valence-electron chi connectivity index (χ2n) is 6.86. The smallest absolute Gasteiger partial charge is 0.280 e. The summed E-state index contributed by atoms with van der Waals surface area (Å²) in [6.45, 7) is 4.93. The van der Waals surface area contributed by atoms with E-state index >= 15 is 0 Å². The fourth-order valence-corrected chi connectivity index (χ4v) is 4.54. The van der Waals surface area contributed by atoms with E-state index in [0.29, 0.717) is 18.9 Å². The van der Waals surface area contributed by atoms with Crippen molar-refractivity contribution < 1.29 is 12.9 Å². The van der Waals surface area contributed by atoms with Gasteiger partial charge in [0, 0.05) is 31.0 Å². The van der Waals surface area contributed by atoms with Crippen molar-refractivity contribution in [3.63, 3.8) is 0 Å². The molecule has 0 aromatic carbocycles. The van der Waals surface area contributed by atoms with E-state index in [9.17, 15) is 8.42 Å². The second-order valence-corrected chi connectivity index (χ2v) is 8.56. The Morgan fingerprint density at radius 1 is 1.19 bits per heavy atom. The quantitative estimate of drug-likeness (QED) is 0.828. The molecule has 1 aliphatic rings. The number of pyridine rings is 1. The summed E-state index contributed by atoms with van der Waals surface area (Å²) in [6, 6.07) is 3.03. The van der Waals surface area contributed by atoms with Gasteiger partial charge in [0.1, 0.15) is 6.04 Å². The van der Waals surface area contributed by atoms with Crippen LogP contribution in [0.5, 0.6) is 0 Å². The van der Waals surface area contributed by atoms with E-state index in [1.165, 1.54) is 4.31 Å². The van der Waals surface area contributed by atoms with E-state index in [-0.39, 0.29) is 11.8 Å². The Hall–Kier alpha value is -1.84. The third kappa shape index (κ3) is 4.46. The summed E-state index contributed by atoms with van der Waals surface area (Å²) < 4.78 is 35.3. The summed E-state index contributed by atoms with van der Waals surface area (Å²) in [5.74, 6) is 0.615. The van der Waals surface area contributed by atoms with E-state index in [2.05, 4.69) is 19.8 Å². The lowest BCUT2D eigenvalue weighted by Crippen LogP contribution is -2.44. The first kappa shape index (κ1) is 18.9. The van der Waals surface area contributed by atoms with E-state index in [0.717, 1.165) is 31.2 Å². The van der Waals surface area contributed by atoms with Gasteiger partial charge in [-0.05, 0) is 30.9 Å². The van der Waals surface area contributed by atoms with Gasteiger partial charge in [0.25, 0.3) is 10.2 Å². The van der Waals surface area contributed by atoms with Crippen molar-refractivity contribution in [2.75, 3.05) is 13.1 Å². The summed E-state index contributed by atoms with van der Waals surface area (Å²) in [4.78, 5) is 8.43. The molecule has 3 rings (SSSR count). The van der Waals surface area contributed by atoms with Crippen molar-refractivity contribution >= 4 is 10.2 Å². The molecule has 8 nitrogen and oxygen atoms in total. The monoisotopic (exact) mass is 379 g/mol. The minimum atomic E-state index is -3.61. The van der Waals surface area contributed by atoms with E-state index < -0.39 is 16.3 Å². The summed E-state index contributed by atoms with van der Waals surface area (Å²) in [7, 11) is -3.61. The molecule has 2 aromatic heterocycles. The van der Waals surface area contributed by atoms with Crippen LogP contribution >= 0.6 is 0 Å². The molecular formula is C17H25N5O3S. The fourth-order valence-electron chi connectivity index (χ4n) is 2.96. The van der Waals surface area contributed by atoms with Crippen molar-refractivity contribution in [3.05, 3.63) is 30.4 Å². The molecule has 0 radical (unpaired) electrons. The normalized spacial score (nSPS) is 18.0. The zero-order valence-corrected chi connectivity index (χ0v) is 15.9. The van der Waals surface area contributed by atoms with Crippen LogP contribution in [0, 0.1) is 5.92 Å². The summed E-state index contributed by atoms with van der Waals surface area (Å²) >= 11 is 0. The highest BCUT2D eigenvalue weighted by atomic mass is 32.2. The molecule has 2 aromatic rings. The number of hydrogen-bond acceptors (Lipinski definition) is 6. The molecule has 26 heavy (non-hydrogen) atoms. The SMILES string of the molecule is CC(C)C(NS(=O)(=O)N1CCCCCC1)c1nc(-c2cccnc2)no1. The zero-order chi connectivity index (χ0) is 18.6. The lowest BCUT2D eigenvalue weighted by Gasteiger charge is -2.25. The molecule has 142 valence electrons. The van der Waals surface area contributed by atoms with Gasteiger partial charge in [0.2, 0.25) is 11.7 Å². The maximum Gasteiger partial charge on any atom is 0.280 e. The van der Waals surface area contributed by atoms with Crippen molar-refractivity contribution in [1.29, 1.82) is 0 Å². The van der Waals surface area contributed by atoms with Crippen LogP contribution in [-0.4, -0.2) is 40.9 Å². The van der Waals surface area contributed by atoms with Crippen LogP contribution in [-0.2, 0) is 10.2 Å². The Bertz CT molecular complexity index is 799. The molecule has 1 aliphatic heterocycles. The Balaban J connectivity index is 1.80. The summed E-state index contributed by atoms with van der Waals surface area (Å²) in [5.41, 5.74) is 0.723. The predicted molar refractivity (Wildman–Crippen MR) is 97.2 cm³/mol. The first-order valence-corrected chi connectivity index (χ1v) is 10.4. The molecule has 0 amide bonds. The van der Waals surface area contributed by atoms with Gasteiger partial charge < -0.3 is 4.52 Å². The third-order valence-electron chi connectivity index (χ3n) is 4.48. The van der Waals surface area contributed by atoms with Gasteiger partial charge in [-0.1, -0.05) is 31.8 Å². The molecule has 1 fully saturated rings. The number of nitrogens with one attached hydrogen (secondary N) is 1. The molecule has 3 heterocycles. The van der Waals surface area contributed by atoms with E-state index in [4.69, 9.17) is 4.52 Å². The van der Waals surface area contributed by atoms with Crippen LogP contribution in [0.15, 0.2) is 29.0 Å². The zero-order valence-electron chi connectivity index (χ0n) is 15.1. The standard InChI is InChI=1S/C17H25N5O3S/c1-13(2)15(21-26(23,24)22-10-5-3-4-6-11-22)17-19-16(20-25-17)14-8-7-9-18-12-14/h7-9,12-13,15,21H,3-6,10-11H2,1-2H3. The van der Waals surface area contributed by atoms with Crippen LogP contribution in [0.25, 0.3) is 11.4 Å². The van der Waals surface area contributed by atoms with E-state index in [1.54, 1.807) is 18.5 Å². The number of hydrogen-bond donors (Lipinski definition) is 1. The Morgan fingerprint density at radius 3 is 2.54 bits per heavy atom. The van der Waals surface area contributed by atoms with Crippen LogP contribution in [0.4, 0.5) is 0 Å². The molecule has 9 heteroatoms. The minimum Gasteiger partial charge on any atom is -0.337 e. The molecular weight excluding hydrogens is 354 g/mol. The lowest BCUT2D eigenvalue weighted by atomic mass is 10.1. The third-order valence-corrected chi connectivity index (χ3v) is 6.07. The number of nitrogens with zero attached hydrogens (tertiary/aromatic N) is 4. The molecule has 1 unspecified atom stereocenters. The van der Waals surface area contributed by atoms with Crippen LogP contribution in [0.3, 0.4) is 0 Å². The molecule has 0 aliphatic carbocycles. The van der Waals surface area contributed by atoms with Gasteiger partial charge in [-0.2, -0.15) is 22.4 Å². The van der Waals surface area contributed by atoms with Crippen molar-refractivity contribution in [2.45, 2.75) is 45.6 Å². The van der Waals surface area contributed by atoms with Crippen LogP contribution < -0.4 is 4.72 Å². The predicted octanol–water partition coefficient (Wildman–Crippen LogP) is 2.54. The van der Waals surface area contributed by atoms with Gasteiger partial charge in [0.05, 0.1) is 0 Å². The molecule has 0 spiro atoms. The highest BCUT2D eigenvalue weighted by molar-refractivity contribution is 7.87. The molecule has 1 saturated heterocycles. The highest BCUT2D eigenvalue weighted by Gasteiger charge is 2.31. The molecule has 0 saturated carbocycles. The molecule has 1 atom stereocenters. The Morgan fingerprint density at radius 2 is 1.92 bits per heavy atom. The Kier molecular flexibility index (Phi) is 6.00. The van der Waals surface area contributed by atoms with Gasteiger partial charge >= 0.3 is 0 Å². The Labute approximate surface area is 154 Å². The minimum absolute atomic E-state index is 0.0426. The topological polar surface area (TPSA) is 101 Å². The average Bonchev–Trinajstić information content (AvgIpc) is 2.94. The van der Waals surface area contributed by atoms with Gasteiger partial charge in [-0.3, -0.25) is 4.98 Å². The molecule has 0 bridgehead atoms. The summed E-state index contributed by atoms with van der Waals surface area (Å²) in [5, 5.41) is 3.97. The first-order chi connectivity index (χ1) is 12.5. The largest absolute Gasteiger partial charge is 0.337 e. The van der Waals surface area contributed by atoms with Gasteiger partial charge in [0.15, 0.2) is 0 Å². The molecule has 1 N–H and O–H groups in total. The van der Waals surface area contributed by atoms with Gasteiger partial charge in [-0.25, -0.2) is 0 Å². The first-order valence-electron chi connectivity index (χ1n) is 8.99. The van der Waals surface area contributed by atoms with Gasteiger partial charge in [-0.15, -0.1) is 0 Å². The van der Waals surface area contributed by atoms with Crippen LogP contribution in [0.2, 0.25) is 0 Å². The fraction of sp³-hybridized carbons (Fsp3) is 0.588. The van der Waals surface area contributed by atoms with Crippen molar-refractivity contribution in [2.24, 2.45) is 5.92 Å². The lowest BCUT2D eigenvalue weighted by molar-refractivity contribution is 0.304. The summed E-state index contributed by atoms with van der Waals surface area (Å²) in [6.07, 6.45) is 7.21. The number of rotatable bonds is 6. The van der Waals surface area contributed by atoms with Crippen molar-refractivity contribution in [3.8, 4) is 11.4 Å². The van der Waals surface area contributed by atoms with E-state index in [1.807, 2.05) is 19.9 Å². The van der Waals surface area contributed by atoms with Crippen molar-refractivity contribution in [1.82, 2.24) is 24.2 Å². The van der Waals surface area contributed by atoms with Crippen LogP contribution in [0.1, 0.15) is 51.5 Å². The number of aromatic nitrogens is 3. The second kappa shape index (κ2) is 8.24. The highest BCUT2D eigenvalue weighted by Crippen LogP contribution is 2.25. The average molecular weight is 379 g/mol. The maximum absolute atomic E-state index is 12.8. The maximum atomic E-state index is 12.8.